The quantitative estimate of drug-likeness (QED) is 0.422. The van der Waals surface area contributed by atoms with Crippen molar-refractivity contribution in [2.24, 2.45) is 0 Å². The third-order valence-electron chi connectivity index (χ3n) is 3.17. The van der Waals surface area contributed by atoms with Crippen LogP contribution in [0.4, 0.5) is 0 Å². The van der Waals surface area contributed by atoms with E-state index in [0.717, 1.165) is 17.8 Å². The SMILES string of the molecule is O=C(O)CNC(=O)CCN1C(=O)/C(=C/c2ccc(O)cc2O)SC1=S. The van der Waals surface area contributed by atoms with Crippen molar-refractivity contribution in [2.45, 2.75) is 6.42 Å². The number of benzene rings is 1. The summed E-state index contributed by atoms with van der Waals surface area (Å²) in [4.78, 5) is 35.8. The van der Waals surface area contributed by atoms with Crippen molar-refractivity contribution >= 4 is 52.2 Å². The summed E-state index contributed by atoms with van der Waals surface area (Å²) in [6.07, 6.45) is 1.36. The van der Waals surface area contributed by atoms with Crippen molar-refractivity contribution in [1.82, 2.24) is 10.2 Å². The van der Waals surface area contributed by atoms with E-state index in [9.17, 15) is 24.6 Å². The second kappa shape index (κ2) is 7.99. The van der Waals surface area contributed by atoms with Gasteiger partial charge in [-0.05, 0) is 18.2 Å². The van der Waals surface area contributed by atoms with Gasteiger partial charge in [-0.3, -0.25) is 19.3 Å². The zero-order valence-corrected chi connectivity index (χ0v) is 14.4. The minimum absolute atomic E-state index is 0.0228. The molecule has 2 rings (SSSR count). The van der Waals surface area contributed by atoms with Crippen molar-refractivity contribution in [1.29, 1.82) is 0 Å². The molecule has 4 N–H and O–H groups in total. The van der Waals surface area contributed by atoms with E-state index in [-0.39, 0.29) is 33.7 Å². The Balaban J connectivity index is 2.03. The molecule has 0 unspecified atom stereocenters. The second-order valence-corrected chi connectivity index (χ2v) is 6.67. The summed E-state index contributed by atoms with van der Waals surface area (Å²) >= 11 is 6.15. The van der Waals surface area contributed by atoms with Crippen LogP contribution in [0.25, 0.3) is 6.08 Å². The largest absolute Gasteiger partial charge is 0.508 e. The summed E-state index contributed by atoms with van der Waals surface area (Å²) in [5.74, 6) is -2.35. The molecule has 1 heterocycles. The number of aliphatic carboxylic acids is 1. The molecule has 2 amide bonds. The molecule has 0 atom stereocenters. The van der Waals surface area contributed by atoms with E-state index in [4.69, 9.17) is 17.3 Å². The van der Waals surface area contributed by atoms with Gasteiger partial charge in [-0.15, -0.1) is 0 Å². The summed E-state index contributed by atoms with van der Waals surface area (Å²) in [6.45, 7) is -0.466. The number of phenols is 2. The average molecular weight is 382 g/mol. The molecule has 1 saturated heterocycles. The zero-order chi connectivity index (χ0) is 18.6. The lowest BCUT2D eigenvalue weighted by Gasteiger charge is -2.13. The van der Waals surface area contributed by atoms with E-state index in [1.807, 2.05) is 0 Å². The molecule has 1 aliphatic rings. The molecule has 0 spiro atoms. The molecule has 25 heavy (non-hydrogen) atoms. The van der Waals surface area contributed by atoms with Crippen LogP contribution >= 0.6 is 24.0 Å². The highest BCUT2D eigenvalue weighted by molar-refractivity contribution is 8.26. The van der Waals surface area contributed by atoms with Crippen LogP contribution in [-0.2, 0) is 14.4 Å². The summed E-state index contributed by atoms with van der Waals surface area (Å²) in [5, 5.41) is 29.8. The molecule has 0 aromatic heterocycles. The number of rotatable bonds is 6. The lowest BCUT2D eigenvalue weighted by molar-refractivity contribution is -0.138. The molecule has 10 heteroatoms. The monoisotopic (exact) mass is 382 g/mol. The van der Waals surface area contributed by atoms with Crippen molar-refractivity contribution < 1.29 is 29.7 Å². The van der Waals surface area contributed by atoms with E-state index >= 15 is 0 Å². The van der Waals surface area contributed by atoms with Crippen LogP contribution in [-0.4, -0.2) is 55.4 Å². The number of carboxylic acid groups (broad SMARTS) is 1. The van der Waals surface area contributed by atoms with E-state index < -0.39 is 24.3 Å². The molecule has 1 aromatic carbocycles. The van der Waals surface area contributed by atoms with Gasteiger partial charge in [-0.25, -0.2) is 0 Å². The molecular weight excluding hydrogens is 368 g/mol. The number of hydrogen-bond acceptors (Lipinski definition) is 7. The van der Waals surface area contributed by atoms with Gasteiger partial charge in [0.15, 0.2) is 0 Å². The van der Waals surface area contributed by atoms with Crippen LogP contribution in [0.15, 0.2) is 23.1 Å². The smallest absolute Gasteiger partial charge is 0.322 e. The predicted molar refractivity (Wildman–Crippen MR) is 94.9 cm³/mol. The van der Waals surface area contributed by atoms with E-state index in [1.54, 1.807) is 0 Å². The Kier molecular flexibility index (Phi) is 5.99. The molecular formula is C15H14N2O6S2. The predicted octanol–water partition coefficient (Wildman–Crippen LogP) is 0.890. The Labute approximate surface area is 152 Å². The number of nitrogens with zero attached hydrogens (tertiary/aromatic N) is 1. The summed E-state index contributed by atoms with van der Waals surface area (Å²) in [7, 11) is 0. The topological polar surface area (TPSA) is 127 Å². The van der Waals surface area contributed by atoms with Crippen LogP contribution < -0.4 is 5.32 Å². The van der Waals surface area contributed by atoms with Crippen LogP contribution in [0.5, 0.6) is 11.5 Å². The molecule has 132 valence electrons. The molecule has 1 aliphatic heterocycles. The number of nitrogens with one attached hydrogen (secondary N) is 1. The van der Waals surface area contributed by atoms with Crippen molar-refractivity contribution in [3.05, 3.63) is 28.7 Å². The fraction of sp³-hybridized carbons (Fsp3) is 0.200. The fourth-order valence-electron chi connectivity index (χ4n) is 1.96. The molecule has 1 aromatic rings. The Morgan fingerprint density at radius 3 is 2.68 bits per heavy atom. The second-order valence-electron chi connectivity index (χ2n) is 5.00. The van der Waals surface area contributed by atoms with Gasteiger partial charge in [0, 0.05) is 24.6 Å². The maximum absolute atomic E-state index is 12.4. The van der Waals surface area contributed by atoms with Gasteiger partial charge in [0.25, 0.3) is 5.91 Å². The van der Waals surface area contributed by atoms with Gasteiger partial charge in [-0.2, -0.15) is 0 Å². The highest BCUT2D eigenvalue weighted by atomic mass is 32.2. The number of hydrogen-bond donors (Lipinski definition) is 4. The first-order valence-corrected chi connectivity index (χ1v) is 8.26. The number of carbonyl (C=O) groups is 3. The number of thioether (sulfide) groups is 1. The van der Waals surface area contributed by atoms with Gasteiger partial charge in [0.1, 0.15) is 22.4 Å². The van der Waals surface area contributed by atoms with Crippen molar-refractivity contribution in [2.75, 3.05) is 13.1 Å². The van der Waals surface area contributed by atoms with Gasteiger partial charge in [0.2, 0.25) is 5.91 Å². The number of carbonyl (C=O) groups excluding carboxylic acids is 2. The fourth-order valence-corrected chi connectivity index (χ4v) is 3.26. The Morgan fingerprint density at radius 2 is 2.04 bits per heavy atom. The van der Waals surface area contributed by atoms with Gasteiger partial charge in [0.05, 0.1) is 4.91 Å². The van der Waals surface area contributed by atoms with Crippen molar-refractivity contribution in [3.8, 4) is 11.5 Å². The van der Waals surface area contributed by atoms with Crippen molar-refractivity contribution in [3.63, 3.8) is 0 Å². The van der Waals surface area contributed by atoms with E-state index in [2.05, 4.69) is 5.32 Å². The lowest BCUT2D eigenvalue weighted by Crippen LogP contribution is -2.35. The number of thiocarbonyl (C=S) groups is 1. The maximum atomic E-state index is 12.4. The van der Waals surface area contributed by atoms with Gasteiger partial charge >= 0.3 is 5.97 Å². The Bertz CT molecular complexity index is 777. The third-order valence-corrected chi connectivity index (χ3v) is 4.55. The van der Waals surface area contributed by atoms with Gasteiger partial charge in [-0.1, -0.05) is 24.0 Å². The third kappa shape index (κ3) is 4.94. The first-order valence-electron chi connectivity index (χ1n) is 7.04. The average Bonchev–Trinajstić information content (AvgIpc) is 2.80. The molecule has 1 fully saturated rings. The summed E-state index contributed by atoms with van der Waals surface area (Å²) < 4.78 is 0.264. The van der Waals surface area contributed by atoms with E-state index in [0.29, 0.717) is 5.56 Å². The lowest BCUT2D eigenvalue weighted by atomic mass is 10.1. The Morgan fingerprint density at radius 1 is 1.32 bits per heavy atom. The Hall–Kier alpha value is -2.59. The van der Waals surface area contributed by atoms with Crippen LogP contribution in [0.2, 0.25) is 0 Å². The normalized spacial score (nSPS) is 15.7. The minimum atomic E-state index is -1.16. The summed E-state index contributed by atoms with van der Waals surface area (Å²) in [5.41, 5.74) is 0.345. The molecule has 8 nitrogen and oxygen atoms in total. The molecule has 0 radical (unpaired) electrons. The van der Waals surface area contributed by atoms with Gasteiger partial charge < -0.3 is 20.6 Å². The zero-order valence-electron chi connectivity index (χ0n) is 12.8. The summed E-state index contributed by atoms with van der Waals surface area (Å²) in [6, 6.07) is 3.98. The minimum Gasteiger partial charge on any atom is -0.508 e. The first-order chi connectivity index (χ1) is 11.8. The maximum Gasteiger partial charge on any atom is 0.322 e. The van der Waals surface area contributed by atoms with Crippen LogP contribution in [0, 0.1) is 0 Å². The number of phenolic OH excluding ortho intramolecular Hbond substituents is 2. The highest BCUT2D eigenvalue weighted by Gasteiger charge is 2.32. The highest BCUT2D eigenvalue weighted by Crippen LogP contribution is 2.34. The van der Waals surface area contributed by atoms with Crippen LogP contribution in [0.3, 0.4) is 0 Å². The number of aromatic hydroxyl groups is 2. The number of carboxylic acids is 1. The first kappa shape index (κ1) is 18.7. The number of amides is 2. The molecule has 0 saturated carbocycles. The van der Waals surface area contributed by atoms with Crippen LogP contribution in [0.1, 0.15) is 12.0 Å². The standard InChI is InChI=1S/C15H14N2O6S2/c18-9-2-1-8(10(19)6-9)5-11-14(23)17(15(24)25-11)4-3-12(20)16-7-13(21)22/h1-2,5-6,18-19H,3-4,7H2,(H,16,20)(H,21,22)/b11-5-. The molecule has 0 bridgehead atoms. The molecule has 0 aliphatic carbocycles. The van der Waals surface area contributed by atoms with E-state index in [1.165, 1.54) is 23.1 Å².